The molecule has 1 heterocycles. The quantitative estimate of drug-likeness (QED) is 0.662. The third kappa shape index (κ3) is 3.52. The first kappa shape index (κ1) is 16.7. The molecule has 0 radical (unpaired) electrons. The molecule has 0 atom stereocenters. The van der Waals surface area contributed by atoms with E-state index in [4.69, 9.17) is 9.47 Å². The van der Waals surface area contributed by atoms with E-state index in [0.29, 0.717) is 23.7 Å². The number of hydrogen-bond donors (Lipinski definition) is 0. The van der Waals surface area contributed by atoms with E-state index in [2.05, 4.69) is 4.98 Å². The third-order valence-electron chi connectivity index (χ3n) is 3.61. The summed E-state index contributed by atoms with van der Waals surface area (Å²) in [4.78, 5) is 16.2. The average molecular weight is 340 g/mol. The van der Waals surface area contributed by atoms with E-state index in [1.165, 1.54) is 19.2 Å². The Hall–Kier alpha value is -3.15. The molecule has 0 aliphatic carbocycles. The van der Waals surface area contributed by atoms with Crippen molar-refractivity contribution >= 4 is 5.97 Å². The normalized spacial score (nSPS) is 10.5. The Morgan fingerprint density at radius 1 is 1.20 bits per heavy atom. The van der Waals surface area contributed by atoms with Crippen LogP contribution in [-0.2, 0) is 4.74 Å². The summed E-state index contributed by atoms with van der Waals surface area (Å²) >= 11 is 0. The molecule has 5 nitrogen and oxygen atoms in total. The van der Waals surface area contributed by atoms with E-state index in [-0.39, 0.29) is 11.5 Å². The van der Waals surface area contributed by atoms with Crippen LogP contribution >= 0.6 is 0 Å². The smallest absolute Gasteiger partial charge is 0.358 e. The topological polar surface area (TPSA) is 53.4 Å². The minimum atomic E-state index is -0.539. The van der Waals surface area contributed by atoms with Gasteiger partial charge in [0.25, 0.3) is 0 Å². The predicted molar refractivity (Wildman–Crippen MR) is 91.5 cm³/mol. The van der Waals surface area contributed by atoms with Crippen molar-refractivity contribution in [3.63, 3.8) is 0 Å². The number of esters is 1. The molecule has 6 heteroatoms. The van der Waals surface area contributed by atoms with Gasteiger partial charge in [-0.05, 0) is 43.3 Å². The zero-order valence-electron chi connectivity index (χ0n) is 13.9. The first-order valence-corrected chi connectivity index (χ1v) is 7.79. The molecule has 0 spiro atoms. The summed E-state index contributed by atoms with van der Waals surface area (Å²) < 4.78 is 25.3. The van der Waals surface area contributed by atoms with Gasteiger partial charge in [0.1, 0.15) is 17.4 Å². The summed E-state index contributed by atoms with van der Waals surface area (Å²) in [7, 11) is 1.30. The van der Waals surface area contributed by atoms with Crippen LogP contribution in [0, 0.1) is 5.82 Å². The first-order chi connectivity index (χ1) is 12.1. The van der Waals surface area contributed by atoms with E-state index in [1.807, 2.05) is 31.2 Å². The molecule has 2 aromatic carbocycles. The summed E-state index contributed by atoms with van der Waals surface area (Å²) in [6, 6.07) is 13.3. The molecule has 3 rings (SSSR count). The molecular formula is C19H17FN2O3. The second-order valence-electron chi connectivity index (χ2n) is 5.25. The maximum absolute atomic E-state index is 13.2. The van der Waals surface area contributed by atoms with Crippen molar-refractivity contribution < 1.29 is 18.7 Å². The second kappa shape index (κ2) is 7.17. The SMILES string of the molecule is CCOc1cccc(-n2cc(C(=O)OC)nc2-c2ccc(F)cc2)c1. The van der Waals surface area contributed by atoms with Gasteiger partial charge in [0.15, 0.2) is 5.69 Å². The minimum Gasteiger partial charge on any atom is -0.494 e. The molecule has 25 heavy (non-hydrogen) atoms. The van der Waals surface area contributed by atoms with Crippen LogP contribution in [0.3, 0.4) is 0 Å². The molecule has 1 aromatic heterocycles. The first-order valence-electron chi connectivity index (χ1n) is 7.79. The molecular weight excluding hydrogens is 323 g/mol. The van der Waals surface area contributed by atoms with Gasteiger partial charge >= 0.3 is 5.97 Å². The molecule has 3 aromatic rings. The fraction of sp³-hybridized carbons (Fsp3) is 0.158. The van der Waals surface area contributed by atoms with Crippen molar-refractivity contribution in [3.05, 3.63) is 66.2 Å². The highest BCUT2D eigenvalue weighted by Gasteiger charge is 2.17. The van der Waals surface area contributed by atoms with E-state index in [9.17, 15) is 9.18 Å². The van der Waals surface area contributed by atoms with Crippen molar-refractivity contribution in [2.45, 2.75) is 6.92 Å². The van der Waals surface area contributed by atoms with Gasteiger partial charge in [-0.1, -0.05) is 6.07 Å². The van der Waals surface area contributed by atoms with Crippen LogP contribution in [0.25, 0.3) is 17.1 Å². The fourth-order valence-electron chi connectivity index (χ4n) is 2.47. The maximum Gasteiger partial charge on any atom is 0.358 e. The number of imidazole rings is 1. The van der Waals surface area contributed by atoms with Crippen molar-refractivity contribution in [2.24, 2.45) is 0 Å². The van der Waals surface area contributed by atoms with Crippen LogP contribution in [0.1, 0.15) is 17.4 Å². The summed E-state index contributed by atoms with van der Waals surface area (Å²) in [6.45, 7) is 2.45. The summed E-state index contributed by atoms with van der Waals surface area (Å²) in [6.07, 6.45) is 1.59. The lowest BCUT2D eigenvalue weighted by Crippen LogP contribution is -2.01. The van der Waals surface area contributed by atoms with Gasteiger partial charge in [-0.2, -0.15) is 0 Å². The van der Waals surface area contributed by atoms with Crippen LogP contribution < -0.4 is 4.74 Å². The number of methoxy groups -OCH3 is 1. The molecule has 0 amide bonds. The zero-order valence-corrected chi connectivity index (χ0v) is 13.9. The van der Waals surface area contributed by atoms with E-state index >= 15 is 0 Å². The molecule has 0 aliphatic heterocycles. The summed E-state index contributed by atoms with van der Waals surface area (Å²) in [5, 5.41) is 0. The fourth-order valence-corrected chi connectivity index (χ4v) is 2.47. The number of rotatable bonds is 5. The number of aromatic nitrogens is 2. The Morgan fingerprint density at radius 2 is 1.96 bits per heavy atom. The summed E-state index contributed by atoms with van der Waals surface area (Å²) in [5.74, 6) is 0.337. The Bertz CT molecular complexity index is 888. The van der Waals surface area contributed by atoms with Crippen molar-refractivity contribution in [2.75, 3.05) is 13.7 Å². The van der Waals surface area contributed by atoms with Gasteiger partial charge in [0.05, 0.1) is 19.4 Å². The standard InChI is InChI=1S/C19H17FN2O3/c1-3-25-16-6-4-5-15(11-16)22-12-17(19(23)24-2)21-18(22)13-7-9-14(20)10-8-13/h4-12H,3H2,1-2H3. The average Bonchev–Trinajstić information content (AvgIpc) is 3.07. The van der Waals surface area contributed by atoms with Crippen LogP contribution in [-0.4, -0.2) is 29.2 Å². The highest BCUT2D eigenvalue weighted by molar-refractivity contribution is 5.88. The highest BCUT2D eigenvalue weighted by Crippen LogP contribution is 2.26. The molecule has 0 bridgehead atoms. The minimum absolute atomic E-state index is 0.170. The lowest BCUT2D eigenvalue weighted by Gasteiger charge is -2.10. The van der Waals surface area contributed by atoms with Gasteiger partial charge < -0.3 is 9.47 Å². The molecule has 0 N–H and O–H groups in total. The number of carbonyl (C=O) groups excluding carboxylic acids is 1. The van der Waals surface area contributed by atoms with Gasteiger partial charge in [-0.25, -0.2) is 14.2 Å². The van der Waals surface area contributed by atoms with Crippen molar-refractivity contribution in [3.8, 4) is 22.8 Å². The number of carbonyl (C=O) groups is 1. The third-order valence-corrected chi connectivity index (χ3v) is 3.61. The van der Waals surface area contributed by atoms with Crippen LogP contribution in [0.4, 0.5) is 4.39 Å². The Morgan fingerprint density at radius 3 is 2.64 bits per heavy atom. The van der Waals surface area contributed by atoms with Crippen molar-refractivity contribution in [1.82, 2.24) is 9.55 Å². The molecule has 0 saturated carbocycles. The van der Waals surface area contributed by atoms with Gasteiger partial charge in [0, 0.05) is 17.8 Å². The molecule has 0 unspecified atom stereocenters. The molecule has 0 saturated heterocycles. The van der Waals surface area contributed by atoms with Crippen LogP contribution in [0.15, 0.2) is 54.7 Å². The second-order valence-corrected chi connectivity index (χ2v) is 5.25. The Balaban J connectivity index is 2.13. The molecule has 0 aliphatic rings. The van der Waals surface area contributed by atoms with Gasteiger partial charge in [-0.15, -0.1) is 0 Å². The Kier molecular flexibility index (Phi) is 4.79. The van der Waals surface area contributed by atoms with Crippen LogP contribution in [0.5, 0.6) is 5.75 Å². The van der Waals surface area contributed by atoms with Gasteiger partial charge in [0.2, 0.25) is 0 Å². The monoisotopic (exact) mass is 340 g/mol. The van der Waals surface area contributed by atoms with Crippen molar-refractivity contribution in [1.29, 1.82) is 0 Å². The largest absolute Gasteiger partial charge is 0.494 e. The zero-order chi connectivity index (χ0) is 17.8. The lowest BCUT2D eigenvalue weighted by molar-refractivity contribution is 0.0594. The molecule has 0 fully saturated rings. The van der Waals surface area contributed by atoms with Crippen LogP contribution in [0.2, 0.25) is 0 Å². The number of nitrogens with zero attached hydrogens (tertiary/aromatic N) is 2. The van der Waals surface area contributed by atoms with E-state index < -0.39 is 5.97 Å². The van der Waals surface area contributed by atoms with E-state index in [0.717, 1.165) is 5.69 Å². The summed E-state index contributed by atoms with van der Waals surface area (Å²) in [5.41, 5.74) is 1.62. The number of benzene rings is 2. The lowest BCUT2D eigenvalue weighted by atomic mass is 10.2. The van der Waals surface area contributed by atoms with E-state index in [1.54, 1.807) is 22.9 Å². The number of halogens is 1. The predicted octanol–water partition coefficient (Wildman–Crippen LogP) is 3.86. The maximum atomic E-state index is 13.2. The Labute approximate surface area is 144 Å². The number of ether oxygens (including phenoxy) is 2. The van der Waals surface area contributed by atoms with Gasteiger partial charge in [-0.3, -0.25) is 4.57 Å². The highest BCUT2D eigenvalue weighted by atomic mass is 19.1. The number of hydrogen-bond acceptors (Lipinski definition) is 4. The molecule has 128 valence electrons.